The molecule has 2 rings (SSSR count). The largest absolute Gasteiger partial charge is 0.384 e. The summed E-state index contributed by atoms with van der Waals surface area (Å²) in [5.41, 5.74) is 5.71. The number of hydrogen-bond donors (Lipinski definition) is 1. The number of nitrogens with zero attached hydrogens (tertiary/aromatic N) is 1. The molecule has 0 fully saturated rings. The van der Waals surface area contributed by atoms with Crippen LogP contribution in [0.1, 0.15) is 49.9 Å². The van der Waals surface area contributed by atoms with Crippen molar-refractivity contribution in [3.63, 3.8) is 0 Å². The van der Waals surface area contributed by atoms with Crippen LogP contribution in [-0.4, -0.2) is 11.5 Å². The summed E-state index contributed by atoms with van der Waals surface area (Å²) >= 11 is 6.35. The Labute approximate surface area is 126 Å². The van der Waals surface area contributed by atoms with Crippen LogP contribution in [-0.2, 0) is 0 Å². The number of nitrogens with one attached hydrogen (secondary N) is 1. The minimum atomic E-state index is 0.435. The first-order chi connectivity index (χ1) is 9.47. The standard InChI is InChI=1S/C17H23ClN2/c1-6-9-19-17-14(10(2)3)12(5)20-16-13(18)8-7-11(4)15(16)17/h7-8,10H,6,9H2,1-5H3,(H,19,20). The highest BCUT2D eigenvalue weighted by molar-refractivity contribution is 6.35. The molecule has 20 heavy (non-hydrogen) atoms. The first-order valence-corrected chi connectivity index (χ1v) is 7.68. The van der Waals surface area contributed by atoms with Gasteiger partial charge in [0.25, 0.3) is 0 Å². The Hall–Kier alpha value is -1.28. The van der Waals surface area contributed by atoms with Crippen LogP contribution < -0.4 is 5.32 Å². The van der Waals surface area contributed by atoms with Crippen LogP contribution in [0.4, 0.5) is 5.69 Å². The Balaban J connectivity index is 2.84. The van der Waals surface area contributed by atoms with Crippen LogP contribution in [0.3, 0.4) is 0 Å². The number of pyridine rings is 1. The number of aromatic nitrogens is 1. The van der Waals surface area contributed by atoms with Gasteiger partial charge >= 0.3 is 0 Å². The Bertz CT molecular complexity index is 633. The molecule has 0 aliphatic carbocycles. The average Bonchev–Trinajstić information content (AvgIpc) is 2.39. The quantitative estimate of drug-likeness (QED) is 0.810. The van der Waals surface area contributed by atoms with Gasteiger partial charge in [0.1, 0.15) is 0 Å². The van der Waals surface area contributed by atoms with E-state index in [1.807, 2.05) is 6.07 Å². The fourth-order valence-corrected chi connectivity index (χ4v) is 2.97. The number of fused-ring (bicyclic) bond motifs is 1. The number of anilines is 1. The molecule has 3 heteroatoms. The summed E-state index contributed by atoms with van der Waals surface area (Å²) in [7, 11) is 0. The molecule has 1 aromatic carbocycles. The smallest absolute Gasteiger partial charge is 0.0914 e. The maximum absolute atomic E-state index is 6.35. The summed E-state index contributed by atoms with van der Waals surface area (Å²) in [6.07, 6.45) is 1.10. The van der Waals surface area contributed by atoms with Gasteiger partial charge in [0.05, 0.1) is 10.5 Å². The molecule has 0 saturated heterocycles. The van der Waals surface area contributed by atoms with Gasteiger partial charge in [-0.2, -0.15) is 0 Å². The van der Waals surface area contributed by atoms with Gasteiger partial charge in [0.2, 0.25) is 0 Å². The molecule has 0 saturated carbocycles. The van der Waals surface area contributed by atoms with E-state index in [2.05, 4.69) is 46.0 Å². The third kappa shape index (κ3) is 2.62. The van der Waals surface area contributed by atoms with E-state index in [1.165, 1.54) is 22.2 Å². The summed E-state index contributed by atoms with van der Waals surface area (Å²) in [5, 5.41) is 5.49. The molecule has 0 radical (unpaired) electrons. The van der Waals surface area contributed by atoms with Gasteiger partial charge in [-0.1, -0.05) is 38.4 Å². The lowest BCUT2D eigenvalue weighted by atomic mass is 9.95. The molecular formula is C17H23ClN2. The van der Waals surface area contributed by atoms with Crippen LogP contribution in [0.2, 0.25) is 5.02 Å². The van der Waals surface area contributed by atoms with Crippen LogP contribution >= 0.6 is 11.6 Å². The Morgan fingerprint density at radius 1 is 1.25 bits per heavy atom. The fourth-order valence-electron chi connectivity index (χ4n) is 2.78. The molecule has 0 amide bonds. The molecule has 0 aliphatic heterocycles. The summed E-state index contributed by atoms with van der Waals surface area (Å²) in [5.74, 6) is 0.435. The highest BCUT2D eigenvalue weighted by Gasteiger charge is 2.17. The van der Waals surface area contributed by atoms with Gasteiger partial charge in [0.15, 0.2) is 0 Å². The summed E-state index contributed by atoms with van der Waals surface area (Å²) < 4.78 is 0. The highest BCUT2D eigenvalue weighted by atomic mass is 35.5. The lowest BCUT2D eigenvalue weighted by Gasteiger charge is -2.21. The molecule has 108 valence electrons. The van der Waals surface area contributed by atoms with Gasteiger partial charge in [-0.3, -0.25) is 4.98 Å². The maximum atomic E-state index is 6.35. The molecule has 0 atom stereocenters. The second-order valence-corrected chi connectivity index (χ2v) is 6.06. The predicted molar refractivity (Wildman–Crippen MR) is 89.1 cm³/mol. The second kappa shape index (κ2) is 6.01. The van der Waals surface area contributed by atoms with E-state index in [9.17, 15) is 0 Å². The fraction of sp³-hybridized carbons (Fsp3) is 0.471. The summed E-state index contributed by atoms with van der Waals surface area (Å²) in [6, 6.07) is 4.01. The van der Waals surface area contributed by atoms with Crippen molar-refractivity contribution in [2.75, 3.05) is 11.9 Å². The normalized spacial score (nSPS) is 11.3. The van der Waals surface area contributed by atoms with Crippen molar-refractivity contribution in [1.29, 1.82) is 0 Å². The molecule has 0 aliphatic rings. The van der Waals surface area contributed by atoms with Crippen molar-refractivity contribution in [3.05, 3.63) is 34.0 Å². The van der Waals surface area contributed by atoms with E-state index in [1.54, 1.807) is 0 Å². The van der Waals surface area contributed by atoms with E-state index >= 15 is 0 Å². The minimum Gasteiger partial charge on any atom is -0.384 e. The first-order valence-electron chi connectivity index (χ1n) is 7.30. The van der Waals surface area contributed by atoms with Crippen LogP contribution in [0, 0.1) is 13.8 Å². The Morgan fingerprint density at radius 3 is 2.55 bits per heavy atom. The van der Waals surface area contributed by atoms with Crippen molar-refractivity contribution in [2.45, 2.75) is 47.0 Å². The third-order valence-corrected chi connectivity index (χ3v) is 3.96. The second-order valence-electron chi connectivity index (χ2n) is 5.66. The zero-order chi connectivity index (χ0) is 14.9. The molecule has 0 unspecified atom stereocenters. The molecule has 0 bridgehead atoms. The molecule has 1 N–H and O–H groups in total. The number of halogens is 1. The predicted octanol–water partition coefficient (Wildman–Crippen LogP) is 5.45. The maximum Gasteiger partial charge on any atom is 0.0914 e. The number of rotatable bonds is 4. The van der Waals surface area contributed by atoms with Crippen LogP contribution in [0.15, 0.2) is 12.1 Å². The molecule has 0 spiro atoms. The van der Waals surface area contributed by atoms with E-state index < -0.39 is 0 Å². The van der Waals surface area contributed by atoms with Crippen molar-refractivity contribution in [3.8, 4) is 0 Å². The molecule has 1 aromatic heterocycles. The van der Waals surface area contributed by atoms with E-state index in [4.69, 9.17) is 16.6 Å². The molecule has 1 heterocycles. The summed E-state index contributed by atoms with van der Waals surface area (Å²) in [6.45, 7) is 11.8. The minimum absolute atomic E-state index is 0.435. The Morgan fingerprint density at radius 2 is 1.95 bits per heavy atom. The van der Waals surface area contributed by atoms with Crippen LogP contribution in [0.5, 0.6) is 0 Å². The summed E-state index contributed by atoms with van der Waals surface area (Å²) in [4.78, 5) is 4.75. The van der Waals surface area contributed by atoms with E-state index in [-0.39, 0.29) is 0 Å². The third-order valence-electron chi connectivity index (χ3n) is 3.65. The van der Waals surface area contributed by atoms with Gasteiger partial charge < -0.3 is 5.32 Å². The van der Waals surface area contributed by atoms with Crippen molar-refractivity contribution >= 4 is 28.2 Å². The topological polar surface area (TPSA) is 24.9 Å². The van der Waals surface area contributed by atoms with Gasteiger partial charge in [-0.15, -0.1) is 0 Å². The van der Waals surface area contributed by atoms with Crippen molar-refractivity contribution in [1.82, 2.24) is 4.98 Å². The zero-order valence-electron chi connectivity index (χ0n) is 13.0. The van der Waals surface area contributed by atoms with Crippen LogP contribution in [0.25, 0.3) is 10.9 Å². The number of benzene rings is 1. The lowest BCUT2D eigenvalue weighted by Crippen LogP contribution is -2.09. The lowest BCUT2D eigenvalue weighted by molar-refractivity contribution is 0.844. The van der Waals surface area contributed by atoms with E-state index in [0.717, 1.165) is 29.2 Å². The zero-order valence-corrected chi connectivity index (χ0v) is 13.7. The Kier molecular flexibility index (Phi) is 4.54. The average molecular weight is 291 g/mol. The van der Waals surface area contributed by atoms with Crippen molar-refractivity contribution in [2.24, 2.45) is 0 Å². The van der Waals surface area contributed by atoms with Crippen molar-refractivity contribution < 1.29 is 0 Å². The SMILES string of the molecule is CCCNc1c(C(C)C)c(C)nc2c(Cl)ccc(C)c12. The first kappa shape index (κ1) is 15.1. The molecular weight excluding hydrogens is 268 g/mol. The molecule has 2 aromatic rings. The highest BCUT2D eigenvalue weighted by Crippen LogP contribution is 2.37. The number of aryl methyl sites for hydroxylation is 2. The van der Waals surface area contributed by atoms with E-state index in [0.29, 0.717) is 5.92 Å². The monoisotopic (exact) mass is 290 g/mol. The van der Waals surface area contributed by atoms with Gasteiger partial charge in [-0.05, 0) is 43.4 Å². The van der Waals surface area contributed by atoms with Gasteiger partial charge in [0, 0.05) is 23.3 Å². The van der Waals surface area contributed by atoms with Gasteiger partial charge in [-0.25, -0.2) is 0 Å². The number of hydrogen-bond acceptors (Lipinski definition) is 2. The molecule has 2 nitrogen and oxygen atoms in total.